The van der Waals surface area contributed by atoms with E-state index in [1.165, 1.54) is 0 Å². The van der Waals surface area contributed by atoms with Crippen LogP contribution in [0.2, 0.25) is 0 Å². The summed E-state index contributed by atoms with van der Waals surface area (Å²) in [6, 6.07) is 0. The van der Waals surface area contributed by atoms with Crippen LogP contribution in [0.5, 0.6) is 0 Å². The normalized spacial score (nSPS) is 29.3. The van der Waals surface area contributed by atoms with Crippen molar-refractivity contribution in [1.82, 2.24) is 0 Å². The molecular weight excluding hydrogens is 152 g/mol. The number of carbonyl (C=O) groups excluding carboxylic acids is 2. The maximum atomic E-state index is 11.1. The van der Waals surface area contributed by atoms with Crippen molar-refractivity contribution in [3.05, 3.63) is 0 Å². The summed E-state index contributed by atoms with van der Waals surface area (Å²) >= 11 is 0. The van der Waals surface area contributed by atoms with Gasteiger partial charge in [-0.25, -0.2) is 0 Å². The molecule has 0 aromatic carbocycles. The molecule has 1 aliphatic carbocycles. The van der Waals surface area contributed by atoms with E-state index in [2.05, 4.69) is 0 Å². The van der Waals surface area contributed by atoms with Crippen molar-refractivity contribution in [2.75, 3.05) is 0 Å². The molecule has 1 saturated carbocycles. The van der Waals surface area contributed by atoms with Crippen LogP contribution in [-0.2, 0) is 9.59 Å². The van der Waals surface area contributed by atoms with Crippen LogP contribution in [-0.4, -0.2) is 11.6 Å². The monoisotopic (exact) mass is 168 g/mol. The maximum absolute atomic E-state index is 11.1. The minimum Gasteiger partial charge on any atom is -0.300 e. The summed E-state index contributed by atoms with van der Waals surface area (Å²) in [6.07, 6.45) is 2.83. The smallest absolute Gasteiger partial charge is 0.136 e. The zero-order chi connectivity index (χ0) is 9.14. The van der Waals surface area contributed by atoms with E-state index in [1.54, 1.807) is 0 Å². The highest BCUT2D eigenvalue weighted by atomic mass is 16.1. The Morgan fingerprint density at radius 1 is 1.58 bits per heavy atom. The molecule has 0 aromatic heterocycles. The van der Waals surface area contributed by atoms with Gasteiger partial charge >= 0.3 is 0 Å². The molecule has 1 rings (SSSR count). The predicted molar refractivity (Wildman–Crippen MR) is 46.8 cm³/mol. The third kappa shape index (κ3) is 1.93. The predicted octanol–water partition coefficient (Wildman–Crippen LogP) is 1.97. The highest BCUT2D eigenvalue weighted by molar-refractivity contribution is 5.85. The van der Waals surface area contributed by atoms with E-state index in [9.17, 15) is 9.59 Å². The molecule has 2 atom stereocenters. The molecule has 0 aliphatic heterocycles. The fraction of sp³-hybridized carbons (Fsp3) is 0.800. The van der Waals surface area contributed by atoms with Crippen molar-refractivity contribution >= 4 is 11.6 Å². The number of carbonyl (C=O) groups is 2. The maximum Gasteiger partial charge on any atom is 0.136 e. The first-order valence-corrected chi connectivity index (χ1v) is 4.69. The molecule has 2 unspecified atom stereocenters. The average Bonchev–Trinajstić information content (AvgIpc) is 2.36. The second-order valence-corrected chi connectivity index (χ2v) is 3.65. The molecule has 2 nitrogen and oxygen atoms in total. The van der Waals surface area contributed by atoms with Crippen molar-refractivity contribution in [1.29, 1.82) is 0 Å². The summed E-state index contributed by atoms with van der Waals surface area (Å²) in [5.41, 5.74) is 0. The van der Waals surface area contributed by atoms with Gasteiger partial charge in [-0.3, -0.25) is 9.59 Å². The van der Waals surface area contributed by atoms with Crippen molar-refractivity contribution in [3.8, 4) is 0 Å². The molecule has 1 fully saturated rings. The fourth-order valence-electron chi connectivity index (χ4n) is 1.78. The third-order valence-electron chi connectivity index (χ3n) is 2.86. The first-order chi connectivity index (χ1) is 5.65. The second-order valence-electron chi connectivity index (χ2n) is 3.65. The number of hydrogen-bond acceptors (Lipinski definition) is 2. The number of Topliss-reactive ketones (excluding diaryl/α,β-unsaturated/α-hetero) is 2. The van der Waals surface area contributed by atoms with E-state index in [0.717, 1.165) is 6.42 Å². The lowest BCUT2D eigenvalue weighted by Gasteiger charge is -2.11. The molecular formula is C10H16O2. The molecule has 0 saturated heterocycles. The standard InChI is InChI=1S/C10H16O2/c1-3-9(11)6-8-4-5-10(12)7(8)2/h7-8H,3-6H2,1-2H3. The van der Waals surface area contributed by atoms with Crippen LogP contribution in [0.4, 0.5) is 0 Å². The lowest BCUT2D eigenvalue weighted by Crippen LogP contribution is -2.14. The van der Waals surface area contributed by atoms with Crippen molar-refractivity contribution in [2.24, 2.45) is 11.8 Å². The Bertz CT molecular complexity index is 196. The van der Waals surface area contributed by atoms with Crippen LogP contribution >= 0.6 is 0 Å². The van der Waals surface area contributed by atoms with Gasteiger partial charge in [0.1, 0.15) is 11.6 Å². The van der Waals surface area contributed by atoms with Crippen molar-refractivity contribution < 1.29 is 9.59 Å². The van der Waals surface area contributed by atoms with Crippen LogP contribution in [0.3, 0.4) is 0 Å². The van der Waals surface area contributed by atoms with Crippen LogP contribution < -0.4 is 0 Å². The SMILES string of the molecule is CCC(=O)CC1CCC(=O)C1C. The summed E-state index contributed by atoms with van der Waals surface area (Å²) in [7, 11) is 0. The van der Waals surface area contributed by atoms with E-state index in [4.69, 9.17) is 0 Å². The van der Waals surface area contributed by atoms with Gasteiger partial charge in [0.25, 0.3) is 0 Å². The van der Waals surface area contributed by atoms with E-state index >= 15 is 0 Å². The van der Waals surface area contributed by atoms with Crippen LogP contribution in [0.25, 0.3) is 0 Å². The Morgan fingerprint density at radius 3 is 2.67 bits per heavy atom. The fourth-order valence-corrected chi connectivity index (χ4v) is 1.78. The van der Waals surface area contributed by atoms with Gasteiger partial charge in [-0.2, -0.15) is 0 Å². The summed E-state index contributed by atoms with van der Waals surface area (Å²) in [5, 5.41) is 0. The Labute approximate surface area is 73.3 Å². The molecule has 0 amide bonds. The van der Waals surface area contributed by atoms with E-state index < -0.39 is 0 Å². The van der Waals surface area contributed by atoms with Crippen LogP contribution in [0, 0.1) is 11.8 Å². The second kappa shape index (κ2) is 3.83. The highest BCUT2D eigenvalue weighted by Crippen LogP contribution is 2.31. The Balaban J connectivity index is 2.44. The van der Waals surface area contributed by atoms with Crippen LogP contribution in [0.1, 0.15) is 39.5 Å². The van der Waals surface area contributed by atoms with E-state index in [-0.39, 0.29) is 5.92 Å². The average molecular weight is 168 g/mol. The summed E-state index contributed by atoms with van der Waals surface area (Å²) < 4.78 is 0. The van der Waals surface area contributed by atoms with Gasteiger partial charge in [0.05, 0.1) is 0 Å². The van der Waals surface area contributed by atoms with Crippen LogP contribution in [0.15, 0.2) is 0 Å². The molecule has 68 valence electrons. The molecule has 1 aliphatic rings. The topological polar surface area (TPSA) is 34.1 Å². The Morgan fingerprint density at radius 2 is 2.25 bits per heavy atom. The van der Waals surface area contributed by atoms with Gasteiger partial charge in [0.2, 0.25) is 0 Å². The van der Waals surface area contributed by atoms with Gasteiger partial charge in [-0.05, 0) is 12.3 Å². The van der Waals surface area contributed by atoms with E-state index in [1.807, 2.05) is 13.8 Å². The zero-order valence-electron chi connectivity index (χ0n) is 7.80. The number of hydrogen-bond donors (Lipinski definition) is 0. The zero-order valence-corrected chi connectivity index (χ0v) is 7.80. The van der Waals surface area contributed by atoms with Gasteiger partial charge in [0, 0.05) is 25.2 Å². The molecule has 0 heterocycles. The minimum atomic E-state index is 0.125. The molecule has 12 heavy (non-hydrogen) atoms. The molecule has 0 radical (unpaired) electrons. The quantitative estimate of drug-likeness (QED) is 0.645. The van der Waals surface area contributed by atoms with Crippen molar-refractivity contribution in [2.45, 2.75) is 39.5 Å². The van der Waals surface area contributed by atoms with Gasteiger partial charge in [0.15, 0.2) is 0 Å². The lowest BCUT2D eigenvalue weighted by molar-refractivity contribution is -0.121. The lowest BCUT2D eigenvalue weighted by atomic mass is 9.92. The number of rotatable bonds is 3. The molecule has 2 heteroatoms. The summed E-state index contributed by atoms with van der Waals surface area (Å²) in [6.45, 7) is 3.83. The molecule has 0 N–H and O–H groups in total. The number of ketones is 2. The van der Waals surface area contributed by atoms with Gasteiger partial charge in [-0.1, -0.05) is 13.8 Å². The Kier molecular flexibility index (Phi) is 3.01. The summed E-state index contributed by atoms with van der Waals surface area (Å²) in [4.78, 5) is 22.3. The minimum absolute atomic E-state index is 0.125. The van der Waals surface area contributed by atoms with Gasteiger partial charge < -0.3 is 0 Å². The third-order valence-corrected chi connectivity index (χ3v) is 2.86. The highest BCUT2D eigenvalue weighted by Gasteiger charge is 2.31. The first-order valence-electron chi connectivity index (χ1n) is 4.69. The van der Waals surface area contributed by atoms with E-state index in [0.29, 0.717) is 36.7 Å². The summed E-state index contributed by atoms with van der Waals surface area (Å²) in [5.74, 6) is 1.09. The molecule has 0 aromatic rings. The Hall–Kier alpha value is -0.660. The molecule has 0 bridgehead atoms. The molecule has 0 spiro atoms. The van der Waals surface area contributed by atoms with Gasteiger partial charge in [-0.15, -0.1) is 0 Å². The largest absolute Gasteiger partial charge is 0.300 e. The van der Waals surface area contributed by atoms with Crippen molar-refractivity contribution in [3.63, 3.8) is 0 Å². The first kappa shape index (κ1) is 9.43.